The molecule has 0 radical (unpaired) electrons. The smallest absolute Gasteiger partial charge is 0.351 e. The van der Waals surface area contributed by atoms with Crippen molar-refractivity contribution in [2.75, 3.05) is 7.11 Å². The van der Waals surface area contributed by atoms with Gasteiger partial charge in [-0.1, -0.05) is 0 Å². The average Bonchev–Trinajstić information content (AvgIpc) is 2.28. The van der Waals surface area contributed by atoms with Gasteiger partial charge in [0.2, 0.25) is 0 Å². The molecule has 1 aromatic carbocycles. The van der Waals surface area contributed by atoms with Crippen molar-refractivity contribution < 1.29 is 4.74 Å². The average molecular weight is 219 g/mol. The molecule has 82 valence electrons. The van der Waals surface area contributed by atoms with E-state index in [2.05, 4.69) is 9.97 Å². The molecule has 0 saturated heterocycles. The Kier molecular flexibility index (Phi) is 2.55. The number of nitrogens with zero attached hydrogens (tertiary/aromatic N) is 1. The maximum absolute atomic E-state index is 11.0. The van der Waals surface area contributed by atoms with Crippen molar-refractivity contribution in [2.24, 2.45) is 0 Å². The van der Waals surface area contributed by atoms with Gasteiger partial charge in [0.15, 0.2) is 0 Å². The van der Waals surface area contributed by atoms with Crippen molar-refractivity contribution in [2.45, 2.75) is 0 Å². The lowest BCUT2D eigenvalue weighted by Gasteiger charge is -2.01. The number of aromatic amines is 2. The summed E-state index contributed by atoms with van der Waals surface area (Å²) in [5.74, 6) is 0.923. The first-order valence-corrected chi connectivity index (χ1v) is 4.54. The molecule has 1 heterocycles. The molecule has 0 aliphatic carbocycles. The molecule has 2 aromatic rings. The van der Waals surface area contributed by atoms with E-state index in [0.29, 0.717) is 11.3 Å². The summed E-state index contributed by atoms with van der Waals surface area (Å²) in [7, 11) is 1.56. The molecule has 2 N–H and O–H groups in total. The Bertz CT molecular complexity index is 569. The first-order valence-electron chi connectivity index (χ1n) is 4.54. The Morgan fingerprint density at radius 3 is 2.38 bits per heavy atom. The van der Waals surface area contributed by atoms with E-state index >= 15 is 0 Å². The normalized spacial score (nSPS) is 10.1. The lowest BCUT2D eigenvalue weighted by molar-refractivity contribution is 0.415. The molecule has 0 amide bonds. The van der Waals surface area contributed by atoms with Gasteiger partial charge >= 0.3 is 11.4 Å². The number of hydrogen-bond acceptors (Lipinski definition) is 4. The molecule has 6 nitrogen and oxygen atoms in total. The van der Waals surface area contributed by atoms with E-state index in [1.165, 1.54) is 0 Å². The van der Waals surface area contributed by atoms with Gasteiger partial charge in [-0.05, 0) is 24.3 Å². The van der Waals surface area contributed by atoms with Gasteiger partial charge in [-0.25, -0.2) is 9.59 Å². The van der Waals surface area contributed by atoms with E-state index in [1.54, 1.807) is 31.4 Å². The molecule has 16 heavy (non-hydrogen) atoms. The van der Waals surface area contributed by atoms with E-state index in [9.17, 15) is 9.59 Å². The second-order valence-corrected chi connectivity index (χ2v) is 3.07. The summed E-state index contributed by atoms with van der Waals surface area (Å²) < 4.78 is 4.99. The van der Waals surface area contributed by atoms with Crippen molar-refractivity contribution in [3.05, 3.63) is 45.2 Å². The largest absolute Gasteiger partial charge is 0.497 e. The maximum atomic E-state index is 11.0. The number of H-pyrrole nitrogens is 2. The lowest BCUT2D eigenvalue weighted by atomic mass is 10.2. The van der Waals surface area contributed by atoms with Gasteiger partial charge in [-0.15, -0.1) is 0 Å². The van der Waals surface area contributed by atoms with Crippen LogP contribution in [0.3, 0.4) is 0 Å². The number of methoxy groups -OCH3 is 1. The van der Waals surface area contributed by atoms with Gasteiger partial charge in [0.05, 0.1) is 7.11 Å². The van der Waals surface area contributed by atoms with Gasteiger partial charge in [-0.2, -0.15) is 4.98 Å². The number of aromatic nitrogens is 3. The van der Waals surface area contributed by atoms with Gasteiger partial charge in [0.25, 0.3) is 0 Å². The third-order valence-electron chi connectivity index (χ3n) is 2.03. The van der Waals surface area contributed by atoms with Crippen molar-refractivity contribution in [3.63, 3.8) is 0 Å². The third-order valence-corrected chi connectivity index (χ3v) is 2.03. The minimum absolute atomic E-state index is 0.233. The molecule has 0 aliphatic rings. The first kappa shape index (κ1) is 10.2. The van der Waals surface area contributed by atoms with Crippen LogP contribution in [-0.4, -0.2) is 22.1 Å². The summed E-state index contributed by atoms with van der Waals surface area (Å²) >= 11 is 0. The van der Waals surface area contributed by atoms with Crippen molar-refractivity contribution in [1.82, 2.24) is 15.0 Å². The van der Waals surface area contributed by atoms with Gasteiger partial charge in [-0.3, -0.25) is 9.97 Å². The standard InChI is InChI=1S/C10H9N3O3/c1-16-7-4-2-6(3-5-7)8-11-9(14)13-10(15)12-8/h2-5H,1H3,(H2,11,12,13,14,15). The predicted octanol–water partition coefficient (Wildman–Crippen LogP) is 0.134. The SMILES string of the molecule is COc1ccc(-c2nc(=O)[nH]c(=O)[nH]2)cc1. The van der Waals surface area contributed by atoms with Crippen LogP contribution >= 0.6 is 0 Å². The van der Waals surface area contributed by atoms with Crippen LogP contribution in [0.1, 0.15) is 0 Å². The van der Waals surface area contributed by atoms with Crippen LogP contribution in [-0.2, 0) is 0 Å². The van der Waals surface area contributed by atoms with Crippen LogP contribution in [0.15, 0.2) is 33.9 Å². The Balaban J connectivity index is 2.50. The van der Waals surface area contributed by atoms with Gasteiger partial charge in [0.1, 0.15) is 11.6 Å². The van der Waals surface area contributed by atoms with Crippen LogP contribution < -0.4 is 16.1 Å². The van der Waals surface area contributed by atoms with E-state index in [0.717, 1.165) is 0 Å². The van der Waals surface area contributed by atoms with Gasteiger partial charge in [0, 0.05) is 5.56 Å². The molecular formula is C10H9N3O3. The molecule has 0 spiro atoms. The highest BCUT2D eigenvalue weighted by atomic mass is 16.5. The zero-order chi connectivity index (χ0) is 11.5. The van der Waals surface area contributed by atoms with E-state index in [4.69, 9.17) is 4.74 Å². The Morgan fingerprint density at radius 2 is 1.81 bits per heavy atom. The quantitative estimate of drug-likeness (QED) is 0.751. The van der Waals surface area contributed by atoms with Crippen molar-refractivity contribution >= 4 is 0 Å². The molecule has 0 atom stereocenters. The monoisotopic (exact) mass is 219 g/mol. The fourth-order valence-electron chi connectivity index (χ4n) is 1.28. The summed E-state index contributed by atoms with van der Waals surface area (Å²) in [6.07, 6.45) is 0. The second kappa shape index (κ2) is 4.01. The van der Waals surface area contributed by atoms with Crippen LogP contribution in [0.5, 0.6) is 5.75 Å². The molecule has 0 saturated carbocycles. The summed E-state index contributed by atoms with van der Waals surface area (Å²) in [5, 5.41) is 0. The highest BCUT2D eigenvalue weighted by Gasteiger charge is 2.02. The van der Waals surface area contributed by atoms with Crippen molar-refractivity contribution in [3.8, 4) is 17.1 Å². The molecule has 1 aromatic heterocycles. The van der Waals surface area contributed by atoms with E-state index in [1.807, 2.05) is 4.98 Å². The molecular weight excluding hydrogens is 210 g/mol. The number of ether oxygens (including phenoxy) is 1. The molecule has 0 bridgehead atoms. The zero-order valence-corrected chi connectivity index (χ0v) is 8.48. The van der Waals surface area contributed by atoms with Crippen LogP contribution in [0.25, 0.3) is 11.4 Å². The predicted molar refractivity (Wildman–Crippen MR) is 57.5 cm³/mol. The summed E-state index contributed by atoms with van der Waals surface area (Å²) in [6.45, 7) is 0. The second-order valence-electron chi connectivity index (χ2n) is 3.07. The van der Waals surface area contributed by atoms with Crippen molar-refractivity contribution in [1.29, 1.82) is 0 Å². The highest BCUT2D eigenvalue weighted by molar-refractivity contribution is 5.55. The highest BCUT2D eigenvalue weighted by Crippen LogP contribution is 2.17. The third kappa shape index (κ3) is 2.00. The zero-order valence-electron chi connectivity index (χ0n) is 8.48. The minimum atomic E-state index is -0.672. The Morgan fingerprint density at radius 1 is 1.12 bits per heavy atom. The minimum Gasteiger partial charge on any atom is -0.497 e. The van der Waals surface area contributed by atoms with Gasteiger partial charge < -0.3 is 4.74 Å². The lowest BCUT2D eigenvalue weighted by Crippen LogP contribution is -2.25. The number of hydrogen-bond donors (Lipinski definition) is 2. The molecule has 6 heteroatoms. The molecule has 0 fully saturated rings. The number of nitrogens with one attached hydrogen (secondary N) is 2. The summed E-state index contributed by atoms with van der Waals surface area (Å²) in [5.41, 5.74) is -0.607. The Labute approximate surface area is 89.9 Å². The van der Waals surface area contributed by atoms with Crippen LogP contribution in [0.4, 0.5) is 0 Å². The first-order chi connectivity index (χ1) is 7.69. The van der Waals surface area contributed by atoms with E-state index in [-0.39, 0.29) is 5.82 Å². The van der Waals surface area contributed by atoms with E-state index < -0.39 is 11.4 Å². The topological polar surface area (TPSA) is 87.8 Å². The number of benzene rings is 1. The maximum Gasteiger partial charge on any atom is 0.351 e. The molecule has 0 aliphatic heterocycles. The van der Waals surface area contributed by atoms with Crippen LogP contribution in [0.2, 0.25) is 0 Å². The number of rotatable bonds is 2. The Hall–Kier alpha value is -2.37. The summed E-state index contributed by atoms with van der Waals surface area (Å²) in [6, 6.07) is 6.85. The fourth-order valence-corrected chi connectivity index (χ4v) is 1.28. The fraction of sp³-hybridized carbons (Fsp3) is 0.100. The molecule has 0 unspecified atom stereocenters. The summed E-state index contributed by atoms with van der Waals surface area (Å²) in [4.78, 5) is 30.1. The van der Waals surface area contributed by atoms with Crippen LogP contribution in [0, 0.1) is 0 Å². The molecule has 2 rings (SSSR count).